The minimum absolute atomic E-state index is 0.475. The van der Waals surface area contributed by atoms with Gasteiger partial charge in [0, 0.05) is 18.9 Å². The van der Waals surface area contributed by atoms with Crippen LogP contribution in [-0.2, 0) is 4.74 Å². The van der Waals surface area contributed by atoms with Gasteiger partial charge < -0.3 is 4.74 Å². The molecule has 0 aromatic rings. The zero-order chi connectivity index (χ0) is 10.9. The molecule has 0 N–H and O–H groups in total. The lowest BCUT2D eigenvalue weighted by molar-refractivity contribution is 0.106. The molecule has 1 aliphatic carbocycles. The van der Waals surface area contributed by atoms with Crippen molar-refractivity contribution in [2.75, 3.05) is 13.2 Å². The summed E-state index contributed by atoms with van der Waals surface area (Å²) in [6, 6.07) is 0. The second kappa shape index (κ2) is 7.38. The highest BCUT2D eigenvalue weighted by Gasteiger charge is 2.29. The Kier molecular flexibility index (Phi) is 5.98. The monoisotopic (exact) mass is 204 g/mol. The molecule has 0 radical (unpaired) electrons. The number of unbranched alkanes of at least 4 members (excludes halogenated alkanes) is 2. The number of terminal acetylenes is 1. The summed E-state index contributed by atoms with van der Waals surface area (Å²) in [5.41, 5.74) is 0. The molecule has 1 fully saturated rings. The average Bonchev–Trinajstić information content (AvgIpc) is 3.05. The molecular formula is C14H20O. The summed E-state index contributed by atoms with van der Waals surface area (Å²) < 4.78 is 5.63. The molecule has 15 heavy (non-hydrogen) atoms. The molecule has 1 aliphatic rings. The Morgan fingerprint density at radius 2 is 2.20 bits per heavy atom. The Hall–Kier alpha value is -0.920. The van der Waals surface area contributed by atoms with Crippen LogP contribution >= 0.6 is 0 Å². The van der Waals surface area contributed by atoms with Crippen LogP contribution in [0.2, 0.25) is 0 Å². The van der Waals surface area contributed by atoms with E-state index in [0.717, 1.165) is 38.4 Å². The van der Waals surface area contributed by atoms with Crippen molar-refractivity contribution in [2.45, 2.75) is 39.0 Å². The van der Waals surface area contributed by atoms with E-state index in [0.29, 0.717) is 5.92 Å². The Morgan fingerprint density at radius 1 is 1.40 bits per heavy atom. The van der Waals surface area contributed by atoms with E-state index in [2.05, 4.69) is 17.8 Å². The van der Waals surface area contributed by atoms with E-state index < -0.39 is 0 Å². The van der Waals surface area contributed by atoms with Crippen LogP contribution in [-0.4, -0.2) is 13.2 Å². The van der Waals surface area contributed by atoms with Crippen LogP contribution in [0.1, 0.15) is 39.0 Å². The molecule has 1 rings (SSSR count). The fourth-order valence-corrected chi connectivity index (χ4v) is 1.62. The molecule has 0 heterocycles. The Bertz CT molecular complexity index is 259. The van der Waals surface area contributed by atoms with Gasteiger partial charge in [-0.1, -0.05) is 5.92 Å². The maximum atomic E-state index is 5.63. The molecule has 1 atom stereocenters. The standard InChI is InChI=1S/C14H20O/c1-3-5-6-7-11-15-12-14(8-4-2)13-9-10-13/h1,13-14H,5-7,9-12H2,2H3. The lowest BCUT2D eigenvalue weighted by Crippen LogP contribution is -2.10. The number of hydrogen-bond donors (Lipinski definition) is 0. The summed E-state index contributed by atoms with van der Waals surface area (Å²) in [6.07, 6.45) is 10.8. The van der Waals surface area contributed by atoms with Gasteiger partial charge in [-0.3, -0.25) is 0 Å². The first-order valence-corrected chi connectivity index (χ1v) is 5.82. The summed E-state index contributed by atoms with van der Waals surface area (Å²) in [6.45, 7) is 3.54. The molecule has 0 aromatic heterocycles. The Morgan fingerprint density at radius 3 is 2.80 bits per heavy atom. The van der Waals surface area contributed by atoms with Gasteiger partial charge in [0.2, 0.25) is 0 Å². The molecule has 0 bridgehead atoms. The molecule has 0 spiro atoms. The molecule has 1 heteroatoms. The molecule has 0 amide bonds. The SMILES string of the molecule is C#CCCCCOCC(C#CC)C1CC1. The van der Waals surface area contributed by atoms with Crippen molar-refractivity contribution in [2.24, 2.45) is 11.8 Å². The number of rotatable bonds is 7. The van der Waals surface area contributed by atoms with Crippen molar-refractivity contribution in [1.82, 2.24) is 0 Å². The quantitative estimate of drug-likeness (QED) is 0.457. The van der Waals surface area contributed by atoms with Crippen molar-refractivity contribution < 1.29 is 4.74 Å². The van der Waals surface area contributed by atoms with Crippen molar-refractivity contribution in [3.05, 3.63) is 0 Å². The van der Waals surface area contributed by atoms with Gasteiger partial charge in [0.1, 0.15) is 0 Å². The van der Waals surface area contributed by atoms with Crippen molar-refractivity contribution >= 4 is 0 Å². The van der Waals surface area contributed by atoms with Crippen LogP contribution in [0.4, 0.5) is 0 Å². The fourth-order valence-electron chi connectivity index (χ4n) is 1.62. The fraction of sp³-hybridized carbons (Fsp3) is 0.714. The van der Waals surface area contributed by atoms with Crippen molar-refractivity contribution in [3.8, 4) is 24.2 Å². The highest BCUT2D eigenvalue weighted by molar-refractivity contribution is 5.06. The van der Waals surface area contributed by atoms with Crippen LogP contribution in [0.5, 0.6) is 0 Å². The maximum absolute atomic E-state index is 5.63. The summed E-state index contributed by atoms with van der Waals surface area (Å²) in [5.74, 6) is 10.2. The van der Waals surface area contributed by atoms with Gasteiger partial charge in [0.25, 0.3) is 0 Å². The second-order valence-electron chi connectivity index (χ2n) is 4.07. The van der Waals surface area contributed by atoms with E-state index in [1.54, 1.807) is 0 Å². The topological polar surface area (TPSA) is 9.23 Å². The molecular weight excluding hydrogens is 184 g/mol. The minimum Gasteiger partial charge on any atom is -0.380 e. The highest BCUT2D eigenvalue weighted by atomic mass is 16.5. The van der Waals surface area contributed by atoms with E-state index in [1.165, 1.54) is 12.8 Å². The molecule has 0 aromatic carbocycles. The molecule has 0 saturated heterocycles. The third-order valence-electron chi connectivity index (χ3n) is 2.68. The first-order chi connectivity index (χ1) is 7.38. The van der Waals surface area contributed by atoms with Gasteiger partial charge in [0.05, 0.1) is 6.61 Å². The van der Waals surface area contributed by atoms with Crippen LogP contribution in [0.25, 0.3) is 0 Å². The predicted octanol–water partition coefficient (Wildman–Crippen LogP) is 2.86. The third kappa shape index (κ3) is 5.50. The lowest BCUT2D eigenvalue weighted by Gasteiger charge is -2.09. The summed E-state index contributed by atoms with van der Waals surface area (Å²) in [4.78, 5) is 0. The van der Waals surface area contributed by atoms with Crippen molar-refractivity contribution in [1.29, 1.82) is 0 Å². The van der Waals surface area contributed by atoms with Crippen LogP contribution in [0.15, 0.2) is 0 Å². The Labute approximate surface area is 93.6 Å². The van der Waals surface area contributed by atoms with E-state index >= 15 is 0 Å². The highest BCUT2D eigenvalue weighted by Crippen LogP contribution is 2.36. The van der Waals surface area contributed by atoms with E-state index in [4.69, 9.17) is 11.2 Å². The van der Waals surface area contributed by atoms with E-state index in [1.807, 2.05) is 6.92 Å². The first kappa shape index (κ1) is 12.2. The van der Waals surface area contributed by atoms with E-state index in [-0.39, 0.29) is 0 Å². The van der Waals surface area contributed by atoms with E-state index in [9.17, 15) is 0 Å². The van der Waals surface area contributed by atoms with Crippen LogP contribution in [0.3, 0.4) is 0 Å². The minimum atomic E-state index is 0.475. The predicted molar refractivity (Wildman–Crippen MR) is 63.2 cm³/mol. The summed E-state index contributed by atoms with van der Waals surface area (Å²) >= 11 is 0. The van der Waals surface area contributed by atoms with Gasteiger partial charge >= 0.3 is 0 Å². The number of ether oxygens (including phenoxy) is 1. The first-order valence-electron chi connectivity index (χ1n) is 5.82. The Balaban J connectivity index is 2.01. The molecule has 1 nitrogen and oxygen atoms in total. The zero-order valence-corrected chi connectivity index (χ0v) is 9.59. The summed E-state index contributed by atoms with van der Waals surface area (Å²) in [7, 11) is 0. The number of hydrogen-bond acceptors (Lipinski definition) is 1. The molecule has 1 unspecified atom stereocenters. The average molecular weight is 204 g/mol. The van der Waals surface area contributed by atoms with Crippen LogP contribution in [0, 0.1) is 36.0 Å². The lowest BCUT2D eigenvalue weighted by atomic mass is 10.1. The van der Waals surface area contributed by atoms with Gasteiger partial charge in [0.15, 0.2) is 0 Å². The van der Waals surface area contributed by atoms with Gasteiger partial charge in [-0.2, -0.15) is 0 Å². The van der Waals surface area contributed by atoms with Crippen molar-refractivity contribution in [3.63, 3.8) is 0 Å². The molecule has 0 aliphatic heterocycles. The summed E-state index contributed by atoms with van der Waals surface area (Å²) in [5, 5.41) is 0. The normalized spacial score (nSPS) is 16.3. The largest absolute Gasteiger partial charge is 0.380 e. The van der Waals surface area contributed by atoms with Gasteiger partial charge in [-0.25, -0.2) is 0 Å². The molecule has 82 valence electrons. The van der Waals surface area contributed by atoms with Gasteiger partial charge in [-0.05, 0) is 38.5 Å². The molecule has 1 saturated carbocycles. The smallest absolute Gasteiger partial charge is 0.0606 e. The zero-order valence-electron chi connectivity index (χ0n) is 9.59. The second-order valence-corrected chi connectivity index (χ2v) is 4.07. The maximum Gasteiger partial charge on any atom is 0.0606 e. The van der Waals surface area contributed by atoms with Gasteiger partial charge in [-0.15, -0.1) is 18.3 Å². The van der Waals surface area contributed by atoms with Crippen LogP contribution < -0.4 is 0 Å². The third-order valence-corrected chi connectivity index (χ3v) is 2.68.